The molecule has 0 N–H and O–H groups in total. The Kier molecular flexibility index (Phi) is 4.19. The van der Waals surface area contributed by atoms with Gasteiger partial charge < -0.3 is 0 Å². The Morgan fingerprint density at radius 1 is 1.14 bits per heavy atom. The summed E-state index contributed by atoms with van der Waals surface area (Å²) in [6, 6.07) is 8.95. The number of hydrogen-bond donors (Lipinski definition) is 0. The average Bonchev–Trinajstić information content (AvgIpc) is 2.89. The largest absolute Gasteiger partial charge is 0.0683 e. The van der Waals surface area contributed by atoms with Crippen molar-refractivity contribution < 1.29 is 0 Å². The summed E-state index contributed by atoms with van der Waals surface area (Å²) in [7, 11) is 0. The molecule has 1 saturated carbocycles. The van der Waals surface area contributed by atoms with Crippen molar-refractivity contribution in [2.75, 3.05) is 0 Å². The number of rotatable bonds is 2. The van der Waals surface area contributed by atoms with E-state index in [1.807, 2.05) is 13.8 Å². The molecule has 2 atom stereocenters. The van der Waals surface area contributed by atoms with Crippen molar-refractivity contribution in [1.82, 2.24) is 0 Å². The molecular formula is C14H22. The topological polar surface area (TPSA) is 0 Å². The maximum absolute atomic E-state index is 2.35. The van der Waals surface area contributed by atoms with Gasteiger partial charge >= 0.3 is 0 Å². The SMILES string of the molecule is CC.Cc1ccc(CC2CC2C)cc1. The first-order valence-corrected chi connectivity index (χ1v) is 5.81. The zero-order valence-corrected chi connectivity index (χ0v) is 9.88. The van der Waals surface area contributed by atoms with Crippen LogP contribution in [0.15, 0.2) is 24.3 Å². The van der Waals surface area contributed by atoms with Crippen LogP contribution >= 0.6 is 0 Å². The standard InChI is InChI=1S/C12H16.C2H6/c1-9-3-5-11(6-4-9)8-12-7-10(12)2;1-2/h3-6,10,12H,7-8H2,1-2H3;1-2H3. The van der Waals surface area contributed by atoms with Crippen LogP contribution in [0.1, 0.15) is 38.3 Å². The third-order valence-corrected chi connectivity index (χ3v) is 2.89. The molecule has 0 heterocycles. The van der Waals surface area contributed by atoms with E-state index in [2.05, 4.69) is 38.1 Å². The maximum atomic E-state index is 2.35. The quantitative estimate of drug-likeness (QED) is 0.655. The average molecular weight is 190 g/mol. The van der Waals surface area contributed by atoms with E-state index >= 15 is 0 Å². The van der Waals surface area contributed by atoms with E-state index in [9.17, 15) is 0 Å². The Bertz CT molecular complexity index is 258. The fraction of sp³-hybridized carbons (Fsp3) is 0.571. The lowest BCUT2D eigenvalue weighted by Crippen LogP contribution is -1.88. The highest BCUT2D eigenvalue weighted by Crippen LogP contribution is 2.40. The molecule has 0 nitrogen and oxygen atoms in total. The van der Waals surface area contributed by atoms with Crippen LogP contribution in [0.5, 0.6) is 0 Å². The Hall–Kier alpha value is -0.780. The molecule has 0 radical (unpaired) electrons. The van der Waals surface area contributed by atoms with Crippen LogP contribution in [-0.4, -0.2) is 0 Å². The van der Waals surface area contributed by atoms with Crippen LogP contribution in [0, 0.1) is 18.8 Å². The summed E-state index contributed by atoms with van der Waals surface area (Å²) in [5.41, 5.74) is 2.87. The van der Waals surface area contributed by atoms with E-state index in [-0.39, 0.29) is 0 Å². The van der Waals surface area contributed by atoms with Crippen molar-refractivity contribution in [2.45, 2.75) is 40.5 Å². The molecule has 2 rings (SSSR count). The van der Waals surface area contributed by atoms with Gasteiger partial charge in [0, 0.05) is 0 Å². The van der Waals surface area contributed by atoms with Crippen molar-refractivity contribution in [2.24, 2.45) is 11.8 Å². The van der Waals surface area contributed by atoms with Crippen molar-refractivity contribution >= 4 is 0 Å². The first-order valence-electron chi connectivity index (χ1n) is 5.81. The Morgan fingerprint density at radius 2 is 1.64 bits per heavy atom. The Balaban J connectivity index is 0.000000461. The molecule has 78 valence electrons. The predicted molar refractivity (Wildman–Crippen MR) is 63.5 cm³/mol. The van der Waals surface area contributed by atoms with Gasteiger partial charge in [-0.2, -0.15) is 0 Å². The van der Waals surface area contributed by atoms with E-state index < -0.39 is 0 Å². The molecule has 0 bridgehead atoms. The zero-order valence-electron chi connectivity index (χ0n) is 9.88. The first kappa shape index (κ1) is 11.3. The lowest BCUT2D eigenvalue weighted by Gasteiger charge is -1.99. The van der Waals surface area contributed by atoms with E-state index in [0.717, 1.165) is 11.8 Å². The molecule has 0 aromatic heterocycles. The highest BCUT2D eigenvalue weighted by molar-refractivity contribution is 5.22. The molecule has 0 amide bonds. The van der Waals surface area contributed by atoms with Crippen molar-refractivity contribution in [1.29, 1.82) is 0 Å². The first-order chi connectivity index (χ1) is 6.75. The molecule has 1 aliphatic carbocycles. The maximum Gasteiger partial charge on any atom is -0.0248 e. The summed E-state index contributed by atoms with van der Waals surface area (Å²) in [6.45, 7) is 8.49. The van der Waals surface area contributed by atoms with E-state index in [0.29, 0.717) is 0 Å². The van der Waals surface area contributed by atoms with E-state index in [1.165, 1.54) is 24.0 Å². The third kappa shape index (κ3) is 3.17. The summed E-state index contributed by atoms with van der Waals surface area (Å²) >= 11 is 0. The van der Waals surface area contributed by atoms with Crippen molar-refractivity contribution in [3.8, 4) is 0 Å². The van der Waals surface area contributed by atoms with Crippen LogP contribution in [0.2, 0.25) is 0 Å². The van der Waals surface area contributed by atoms with Gasteiger partial charge in [-0.15, -0.1) is 0 Å². The second-order valence-corrected chi connectivity index (χ2v) is 4.16. The van der Waals surface area contributed by atoms with Gasteiger partial charge in [0.25, 0.3) is 0 Å². The third-order valence-electron chi connectivity index (χ3n) is 2.89. The highest BCUT2D eigenvalue weighted by atomic mass is 14.4. The molecule has 0 heteroatoms. The van der Waals surface area contributed by atoms with Crippen LogP contribution in [0.25, 0.3) is 0 Å². The van der Waals surface area contributed by atoms with Gasteiger partial charge in [-0.25, -0.2) is 0 Å². The second kappa shape index (κ2) is 5.19. The van der Waals surface area contributed by atoms with Crippen LogP contribution in [0.3, 0.4) is 0 Å². The summed E-state index contributed by atoms with van der Waals surface area (Å²) in [5.74, 6) is 1.96. The number of hydrogen-bond acceptors (Lipinski definition) is 0. The van der Waals surface area contributed by atoms with E-state index in [4.69, 9.17) is 0 Å². The summed E-state index contributed by atoms with van der Waals surface area (Å²) in [4.78, 5) is 0. The molecular weight excluding hydrogens is 168 g/mol. The molecule has 1 fully saturated rings. The summed E-state index contributed by atoms with van der Waals surface area (Å²) < 4.78 is 0. The molecule has 0 aliphatic heterocycles. The van der Waals surface area contributed by atoms with Gasteiger partial charge in [0.2, 0.25) is 0 Å². The minimum atomic E-state index is 0.978. The molecule has 14 heavy (non-hydrogen) atoms. The number of aryl methyl sites for hydroxylation is 1. The second-order valence-electron chi connectivity index (χ2n) is 4.16. The van der Waals surface area contributed by atoms with Crippen LogP contribution in [-0.2, 0) is 6.42 Å². The summed E-state index contributed by atoms with van der Waals surface area (Å²) in [5, 5.41) is 0. The monoisotopic (exact) mass is 190 g/mol. The van der Waals surface area contributed by atoms with Gasteiger partial charge in [0.15, 0.2) is 0 Å². The van der Waals surface area contributed by atoms with Gasteiger partial charge in [0.05, 0.1) is 0 Å². The molecule has 1 aliphatic rings. The lowest BCUT2D eigenvalue weighted by atomic mass is 10.1. The lowest BCUT2D eigenvalue weighted by molar-refractivity contribution is 0.747. The minimum absolute atomic E-state index is 0.978. The Morgan fingerprint density at radius 3 is 2.07 bits per heavy atom. The molecule has 0 spiro atoms. The number of benzene rings is 1. The van der Waals surface area contributed by atoms with E-state index in [1.54, 1.807) is 0 Å². The highest BCUT2D eigenvalue weighted by Gasteiger charge is 2.31. The molecule has 0 saturated heterocycles. The fourth-order valence-corrected chi connectivity index (χ4v) is 1.71. The van der Waals surface area contributed by atoms with Crippen molar-refractivity contribution in [3.63, 3.8) is 0 Å². The van der Waals surface area contributed by atoms with Crippen molar-refractivity contribution in [3.05, 3.63) is 35.4 Å². The Labute approximate surface area is 88.4 Å². The smallest absolute Gasteiger partial charge is 0.0248 e. The minimum Gasteiger partial charge on any atom is -0.0683 e. The fourth-order valence-electron chi connectivity index (χ4n) is 1.71. The van der Waals surface area contributed by atoms with Gasteiger partial charge in [-0.3, -0.25) is 0 Å². The molecule has 2 unspecified atom stereocenters. The van der Waals surface area contributed by atoms with Crippen LogP contribution < -0.4 is 0 Å². The predicted octanol–water partition coefficient (Wildman–Crippen LogP) is 4.22. The molecule has 1 aromatic rings. The van der Waals surface area contributed by atoms with Gasteiger partial charge in [-0.1, -0.05) is 50.6 Å². The summed E-state index contributed by atoms with van der Waals surface area (Å²) in [6.07, 6.45) is 2.73. The zero-order chi connectivity index (χ0) is 10.6. The van der Waals surface area contributed by atoms with Crippen LogP contribution in [0.4, 0.5) is 0 Å². The van der Waals surface area contributed by atoms with Gasteiger partial charge in [-0.05, 0) is 37.2 Å². The van der Waals surface area contributed by atoms with Gasteiger partial charge in [0.1, 0.15) is 0 Å². The normalized spacial score (nSPS) is 23.7. The molecule has 1 aromatic carbocycles.